The highest BCUT2D eigenvalue weighted by Gasteiger charge is 1.72. The molecular formula is C18H24. The molecule has 0 aliphatic heterocycles. The topological polar surface area (TPSA) is 0 Å². The molecule has 0 heterocycles. The monoisotopic (exact) mass is 240 g/mol. The Bertz CT molecular complexity index is 349. The summed E-state index contributed by atoms with van der Waals surface area (Å²) in [7, 11) is 0. The standard InChI is InChI=1S/2C7H8.C4H8/c2*1-7-5-3-2-4-6-7;1-3-4-2/h2*2-6H,1H3;3H,1,4H2,2H3. The summed E-state index contributed by atoms with van der Waals surface area (Å²) in [6, 6.07) is 20.5. The zero-order valence-corrected chi connectivity index (χ0v) is 11.8. The largest absolute Gasteiger partial charge is 0.103 e. The van der Waals surface area contributed by atoms with Gasteiger partial charge in [0.2, 0.25) is 0 Å². The lowest BCUT2D eigenvalue weighted by Gasteiger charge is -1.82. The predicted octanol–water partition coefficient (Wildman–Crippen LogP) is 5.57. The smallest absolute Gasteiger partial charge is 0.0382 e. The average Bonchev–Trinajstić information content (AvgIpc) is 2.41. The number of aryl methyl sites for hydroxylation is 2. The molecule has 2 aromatic rings. The molecule has 0 amide bonds. The van der Waals surface area contributed by atoms with Gasteiger partial charge in [0.15, 0.2) is 0 Å². The van der Waals surface area contributed by atoms with Crippen molar-refractivity contribution in [2.24, 2.45) is 0 Å². The maximum Gasteiger partial charge on any atom is -0.0382 e. The van der Waals surface area contributed by atoms with Gasteiger partial charge < -0.3 is 0 Å². The molecule has 0 fully saturated rings. The molecule has 96 valence electrons. The summed E-state index contributed by atoms with van der Waals surface area (Å²) in [5.41, 5.74) is 2.64. The van der Waals surface area contributed by atoms with E-state index in [0.29, 0.717) is 0 Å². The lowest BCUT2D eigenvalue weighted by Crippen LogP contribution is -1.62. The molecule has 0 aliphatic rings. The Morgan fingerprint density at radius 3 is 1.17 bits per heavy atom. The zero-order valence-electron chi connectivity index (χ0n) is 11.8. The first-order chi connectivity index (χ1) is 8.70. The molecule has 18 heavy (non-hydrogen) atoms. The second-order valence-corrected chi connectivity index (χ2v) is 4.01. The maximum absolute atomic E-state index is 3.48. The van der Waals surface area contributed by atoms with Crippen LogP contribution >= 0.6 is 0 Å². The number of hydrogen-bond acceptors (Lipinski definition) is 0. The van der Waals surface area contributed by atoms with E-state index in [-0.39, 0.29) is 0 Å². The molecule has 0 atom stereocenters. The van der Waals surface area contributed by atoms with E-state index in [2.05, 4.69) is 51.6 Å². The molecule has 0 N–H and O–H groups in total. The number of allylic oxidation sites excluding steroid dienone is 1. The Balaban J connectivity index is 0.000000253. The minimum atomic E-state index is 1.08. The van der Waals surface area contributed by atoms with Crippen LogP contribution in [-0.2, 0) is 0 Å². The van der Waals surface area contributed by atoms with Crippen molar-refractivity contribution in [3.05, 3.63) is 84.4 Å². The van der Waals surface area contributed by atoms with Crippen molar-refractivity contribution in [2.75, 3.05) is 0 Å². The van der Waals surface area contributed by atoms with Gasteiger partial charge in [-0.05, 0) is 20.3 Å². The highest BCUT2D eigenvalue weighted by atomic mass is 13.8. The van der Waals surface area contributed by atoms with Crippen LogP contribution in [0.4, 0.5) is 0 Å². The summed E-state index contributed by atoms with van der Waals surface area (Å²) in [6.45, 7) is 9.71. The van der Waals surface area contributed by atoms with Crippen LogP contribution in [0, 0.1) is 13.8 Å². The van der Waals surface area contributed by atoms with E-state index in [1.807, 2.05) is 42.5 Å². The van der Waals surface area contributed by atoms with Gasteiger partial charge in [-0.25, -0.2) is 0 Å². The summed E-state index contributed by atoms with van der Waals surface area (Å²) in [5, 5.41) is 0. The molecule has 0 saturated carbocycles. The van der Waals surface area contributed by atoms with Crippen molar-refractivity contribution < 1.29 is 0 Å². The average molecular weight is 240 g/mol. The molecule has 0 radical (unpaired) electrons. The third-order valence-electron chi connectivity index (χ3n) is 2.17. The van der Waals surface area contributed by atoms with E-state index in [0.717, 1.165) is 6.42 Å². The zero-order chi connectivity index (χ0) is 13.6. The van der Waals surface area contributed by atoms with E-state index >= 15 is 0 Å². The van der Waals surface area contributed by atoms with Crippen LogP contribution in [0.3, 0.4) is 0 Å². The van der Waals surface area contributed by atoms with Crippen LogP contribution in [0.1, 0.15) is 24.5 Å². The Kier molecular flexibility index (Phi) is 10.5. The Hall–Kier alpha value is -1.82. The quantitative estimate of drug-likeness (QED) is 0.571. The fourth-order valence-electron chi connectivity index (χ4n) is 1.07. The van der Waals surface area contributed by atoms with Crippen molar-refractivity contribution in [3.63, 3.8) is 0 Å². The molecule has 0 unspecified atom stereocenters. The van der Waals surface area contributed by atoms with Crippen LogP contribution in [0.25, 0.3) is 0 Å². The van der Waals surface area contributed by atoms with Crippen molar-refractivity contribution in [1.29, 1.82) is 0 Å². The van der Waals surface area contributed by atoms with Gasteiger partial charge in [-0.15, -0.1) is 6.58 Å². The number of benzene rings is 2. The Labute approximate surface area is 112 Å². The first-order valence-electron chi connectivity index (χ1n) is 6.34. The van der Waals surface area contributed by atoms with Crippen molar-refractivity contribution in [2.45, 2.75) is 27.2 Å². The third-order valence-corrected chi connectivity index (χ3v) is 2.17. The number of hydrogen-bond donors (Lipinski definition) is 0. The van der Waals surface area contributed by atoms with Crippen molar-refractivity contribution in [3.8, 4) is 0 Å². The maximum atomic E-state index is 3.48. The van der Waals surface area contributed by atoms with E-state index in [1.54, 1.807) is 0 Å². The SMILES string of the molecule is C=CCC.Cc1ccccc1.Cc1ccccc1. The molecule has 0 spiro atoms. The Morgan fingerprint density at radius 2 is 1.06 bits per heavy atom. The minimum absolute atomic E-state index is 1.08. The minimum Gasteiger partial charge on any atom is -0.103 e. The van der Waals surface area contributed by atoms with Crippen LogP contribution in [-0.4, -0.2) is 0 Å². The summed E-state index contributed by atoms with van der Waals surface area (Å²) in [5.74, 6) is 0. The van der Waals surface area contributed by atoms with Gasteiger partial charge in [-0.2, -0.15) is 0 Å². The van der Waals surface area contributed by atoms with E-state index in [4.69, 9.17) is 0 Å². The third kappa shape index (κ3) is 10.7. The normalized spacial score (nSPS) is 8.17. The summed E-state index contributed by atoms with van der Waals surface area (Å²) in [4.78, 5) is 0. The molecule has 2 rings (SSSR count). The summed E-state index contributed by atoms with van der Waals surface area (Å²) in [6.07, 6.45) is 2.96. The lowest BCUT2D eigenvalue weighted by atomic mass is 10.2. The van der Waals surface area contributed by atoms with Crippen LogP contribution < -0.4 is 0 Å². The first kappa shape index (κ1) is 16.2. The van der Waals surface area contributed by atoms with Crippen LogP contribution in [0.5, 0.6) is 0 Å². The molecule has 0 saturated heterocycles. The van der Waals surface area contributed by atoms with Gasteiger partial charge in [0.25, 0.3) is 0 Å². The molecule has 0 aromatic heterocycles. The molecule has 0 bridgehead atoms. The van der Waals surface area contributed by atoms with Gasteiger partial charge in [0, 0.05) is 0 Å². The molecular weight excluding hydrogens is 216 g/mol. The molecule has 0 nitrogen and oxygen atoms in total. The number of rotatable bonds is 1. The molecule has 2 aromatic carbocycles. The van der Waals surface area contributed by atoms with Gasteiger partial charge in [-0.1, -0.05) is 84.8 Å². The fraction of sp³-hybridized carbons (Fsp3) is 0.222. The Morgan fingerprint density at radius 1 is 0.778 bits per heavy atom. The summed E-state index contributed by atoms with van der Waals surface area (Å²) >= 11 is 0. The molecule has 0 heteroatoms. The first-order valence-corrected chi connectivity index (χ1v) is 6.34. The van der Waals surface area contributed by atoms with Crippen LogP contribution in [0.2, 0.25) is 0 Å². The predicted molar refractivity (Wildman–Crippen MR) is 82.8 cm³/mol. The van der Waals surface area contributed by atoms with E-state index < -0.39 is 0 Å². The fourth-order valence-corrected chi connectivity index (χ4v) is 1.07. The van der Waals surface area contributed by atoms with E-state index in [9.17, 15) is 0 Å². The van der Waals surface area contributed by atoms with Gasteiger partial charge in [0.05, 0.1) is 0 Å². The van der Waals surface area contributed by atoms with Gasteiger partial charge >= 0.3 is 0 Å². The van der Waals surface area contributed by atoms with Gasteiger partial charge in [-0.3, -0.25) is 0 Å². The van der Waals surface area contributed by atoms with E-state index in [1.165, 1.54) is 11.1 Å². The second kappa shape index (κ2) is 11.7. The van der Waals surface area contributed by atoms with Crippen LogP contribution in [0.15, 0.2) is 73.3 Å². The van der Waals surface area contributed by atoms with Gasteiger partial charge in [0.1, 0.15) is 0 Å². The highest BCUT2D eigenvalue weighted by molar-refractivity contribution is 5.12. The second-order valence-electron chi connectivity index (χ2n) is 4.01. The summed E-state index contributed by atoms with van der Waals surface area (Å²) < 4.78 is 0. The molecule has 0 aliphatic carbocycles. The lowest BCUT2D eigenvalue weighted by molar-refractivity contribution is 1.23. The highest BCUT2D eigenvalue weighted by Crippen LogP contribution is 1.92. The van der Waals surface area contributed by atoms with Crippen molar-refractivity contribution in [1.82, 2.24) is 0 Å². The van der Waals surface area contributed by atoms with Crippen molar-refractivity contribution >= 4 is 0 Å².